The lowest BCUT2D eigenvalue weighted by Crippen LogP contribution is -2.12. The molecule has 4 aromatic heterocycles. The lowest BCUT2D eigenvalue weighted by Gasteiger charge is -2.26. The van der Waals surface area contributed by atoms with Crippen LogP contribution in [0.3, 0.4) is 0 Å². The molecule has 220 valence electrons. The van der Waals surface area contributed by atoms with Crippen LogP contribution >= 0.6 is 0 Å². The summed E-state index contributed by atoms with van der Waals surface area (Å²) in [5, 5.41) is 7.65. The fourth-order valence-corrected chi connectivity index (χ4v) is 7.02. The normalized spacial score (nSPS) is 11.8. The lowest BCUT2D eigenvalue weighted by molar-refractivity contribution is 0.654. The molecule has 0 saturated heterocycles. The van der Waals surface area contributed by atoms with Gasteiger partial charge in [0.25, 0.3) is 0 Å². The van der Waals surface area contributed by atoms with E-state index in [0.29, 0.717) is 5.71 Å². The van der Waals surface area contributed by atoms with E-state index in [1.54, 1.807) is 0 Å². The molecule has 0 amide bonds. The van der Waals surface area contributed by atoms with Crippen molar-refractivity contribution in [2.24, 2.45) is 0 Å². The zero-order chi connectivity index (χ0) is 30.9. The topological polar surface area (TPSA) is 55.3 Å². The van der Waals surface area contributed by atoms with Gasteiger partial charge in [0.05, 0.1) is 11.1 Å². The van der Waals surface area contributed by atoms with E-state index >= 15 is 0 Å². The minimum Gasteiger partial charge on any atom is -0.454 e. The molecule has 0 N–H and O–H groups in total. The number of hydrogen-bond acceptors (Lipinski definition) is 5. The van der Waals surface area contributed by atoms with Crippen molar-refractivity contribution in [3.05, 3.63) is 152 Å². The summed E-state index contributed by atoms with van der Waals surface area (Å²) in [6.45, 7) is 0. The number of fused-ring (bicyclic) bond motifs is 8. The highest BCUT2D eigenvalue weighted by molar-refractivity contribution is 6.14. The maximum atomic E-state index is 6.27. The van der Waals surface area contributed by atoms with Gasteiger partial charge in [0, 0.05) is 22.7 Å². The van der Waals surface area contributed by atoms with Crippen molar-refractivity contribution >= 4 is 82.9 Å². The van der Waals surface area contributed by atoms with Crippen molar-refractivity contribution < 1.29 is 8.83 Å². The number of furan rings is 2. The van der Waals surface area contributed by atoms with Crippen LogP contribution in [-0.2, 0) is 0 Å². The van der Waals surface area contributed by atoms with Crippen molar-refractivity contribution in [1.29, 1.82) is 0 Å². The van der Waals surface area contributed by atoms with Gasteiger partial charge in [-0.2, -0.15) is 0 Å². The molecule has 0 aliphatic heterocycles. The summed E-state index contributed by atoms with van der Waals surface area (Å²) < 4.78 is 12.5. The molecular weight excluding hydrogens is 578 g/mol. The van der Waals surface area contributed by atoms with Crippen LogP contribution in [0.25, 0.3) is 76.8 Å². The highest BCUT2D eigenvalue weighted by atomic mass is 16.3. The molecule has 5 heteroatoms. The number of pyridine rings is 2. The Bertz CT molecular complexity index is 2820. The van der Waals surface area contributed by atoms with Crippen LogP contribution in [0.4, 0.5) is 17.2 Å². The third kappa shape index (κ3) is 3.97. The third-order valence-electron chi connectivity index (χ3n) is 9.12. The molecule has 0 saturated carbocycles. The van der Waals surface area contributed by atoms with Crippen LogP contribution in [0.2, 0.25) is 0 Å². The third-order valence-corrected chi connectivity index (χ3v) is 9.12. The van der Waals surface area contributed by atoms with E-state index in [4.69, 9.17) is 13.8 Å². The Morgan fingerprint density at radius 3 is 2.02 bits per heavy atom. The summed E-state index contributed by atoms with van der Waals surface area (Å²) in [6.07, 6.45) is 1.81. The van der Waals surface area contributed by atoms with Gasteiger partial charge in [0.1, 0.15) is 22.5 Å². The van der Waals surface area contributed by atoms with Crippen molar-refractivity contribution in [2.75, 3.05) is 4.90 Å². The number of para-hydroxylation sites is 2. The zero-order valence-electron chi connectivity index (χ0n) is 25.1. The van der Waals surface area contributed by atoms with Gasteiger partial charge in [0.15, 0.2) is 5.58 Å². The molecule has 0 radical (unpaired) electrons. The molecule has 47 heavy (non-hydrogen) atoms. The van der Waals surface area contributed by atoms with Gasteiger partial charge in [0.2, 0.25) is 5.71 Å². The first-order valence-corrected chi connectivity index (χ1v) is 15.7. The molecule has 0 spiro atoms. The first-order chi connectivity index (χ1) is 23.3. The minimum atomic E-state index is 0.582. The fraction of sp³-hybridized carbons (Fsp3) is 0. The highest BCUT2D eigenvalue weighted by Crippen LogP contribution is 2.45. The Hall–Kier alpha value is -6.46. The average Bonchev–Trinajstić information content (AvgIpc) is 3.70. The van der Waals surface area contributed by atoms with Crippen LogP contribution in [0.15, 0.2) is 161 Å². The molecule has 0 aliphatic carbocycles. The van der Waals surface area contributed by atoms with Crippen LogP contribution in [-0.4, -0.2) is 9.97 Å². The Morgan fingerprint density at radius 2 is 1.17 bits per heavy atom. The maximum absolute atomic E-state index is 6.27. The lowest BCUT2D eigenvalue weighted by atomic mass is 9.93. The summed E-state index contributed by atoms with van der Waals surface area (Å²) >= 11 is 0. The van der Waals surface area contributed by atoms with E-state index in [0.717, 1.165) is 66.6 Å². The molecule has 0 atom stereocenters. The second-order valence-corrected chi connectivity index (χ2v) is 11.8. The number of anilines is 3. The van der Waals surface area contributed by atoms with E-state index in [9.17, 15) is 0 Å². The smallest absolute Gasteiger partial charge is 0.229 e. The van der Waals surface area contributed by atoms with Crippen LogP contribution in [0, 0.1) is 0 Å². The quantitative estimate of drug-likeness (QED) is 0.200. The zero-order valence-corrected chi connectivity index (χ0v) is 25.1. The average molecular weight is 604 g/mol. The minimum absolute atomic E-state index is 0.582. The molecular formula is C42H25N3O2. The van der Waals surface area contributed by atoms with Crippen molar-refractivity contribution in [1.82, 2.24) is 9.97 Å². The van der Waals surface area contributed by atoms with Crippen LogP contribution in [0.5, 0.6) is 0 Å². The summed E-state index contributed by atoms with van der Waals surface area (Å²) in [5.41, 5.74) is 7.99. The first-order valence-electron chi connectivity index (χ1n) is 15.7. The fourth-order valence-electron chi connectivity index (χ4n) is 7.02. The molecule has 6 aromatic carbocycles. The molecule has 5 nitrogen and oxygen atoms in total. The molecule has 0 bridgehead atoms. The number of rotatable bonds is 4. The molecule has 10 rings (SSSR count). The Kier molecular flexibility index (Phi) is 5.51. The second-order valence-electron chi connectivity index (χ2n) is 11.8. The van der Waals surface area contributed by atoms with E-state index in [2.05, 4.69) is 107 Å². The summed E-state index contributed by atoms with van der Waals surface area (Å²) in [5.74, 6) is 0.765. The SMILES string of the molecule is c1ccc2c(-c3cc(N(c4ccc5oc6ccccc6c5n4)c4ccnc5oc6ccccc6c45)cc4ccccc34)cccc2c1. The van der Waals surface area contributed by atoms with E-state index in [-0.39, 0.29) is 0 Å². The summed E-state index contributed by atoms with van der Waals surface area (Å²) in [7, 11) is 0. The molecule has 10 aromatic rings. The Morgan fingerprint density at radius 1 is 0.489 bits per heavy atom. The predicted molar refractivity (Wildman–Crippen MR) is 192 cm³/mol. The Labute approximate surface area is 268 Å². The maximum Gasteiger partial charge on any atom is 0.229 e. The monoisotopic (exact) mass is 603 g/mol. The van der Waals surface area contributed by atoms with Crippen LogP contribution in [0.1, 0.15) is 0 Å². The van der Waals surface area contributed by atoms with Gasteiger partial charge in [-0.15, -0.1) is 0 Å². The number of hydrogen-bond donors (Lipinski definition) is 0. The van der Waals surface area contributed by atoms with Crippen molar-refractivity contribution in [2.45, 2.75) is 0 Å². The van der Waals surface area contributed by atoms with E-state index < -0.39 is 0 Å². The van der Waals surface area contributed by atoms with Gasteiger partial charge in [-0.1, -0.05) is 97.1 Å². The first kappa shape index (κ1) is 25.8. The van der Waals surface area contributed by atoms with Gasteiger partial charge >= 0.3 is 0 Å². The van der Waals surface area contributed by atoms with Gasteiger partial charge in [-0.05, 0) is 81.2 Å². The van der Waals surface area contributed by atoms with E-state index in [1.807, 2.05) is 54.7 Å². The number of nitrogens with zero attached hydrogens (tertiary/aromatic N) is 3. The number of benzene rings is 6. The second kappa shape index (κ2) is 10.0. The molecule has 0 aliphatic rings. The van der Waals surface area contributed by atoms with Crippen molar-refractivity contribution in [3.8, 4) is 11.1 Å². The van der Waals surface area contributed by atoms with Crippen LogP contribution < -0.4 is 4.90 Å². The Balaban J connectivity index is 1.31. The van der Waals surface area contributed by atoms with Crippen molar-refractivity contribution in [3.63, 3.8) is 0 Å². The predicted octanol–water partition coefficient (Wildman–Crippen LogP) is 11.7. The van der Waals surface area contributed by atoms with E-state index in [1.165, 1.54) is 21.7 Å². The summed E-state index contributed by atoms with van der Waals surface area (Å²) in [6, 6.07) is 50.5. The number of aromatic nitrogens is 2. The highest BCUT2D eigenvalue weighted by Gasteiger charge is 2.23. The molecule has 0 unspecified atom stereocenters. The largest absolute Gasteiger partial charge is 0.454 e. The van der Waals surface area contributed by atoms with Gasteiger partial charge in [-0.3, -0.25) is 4.90 Å². The summed E-state index contributed by atoms with van der Waals surface area (Å²) in [4.78, 5) is 12.2. The molecule has 4 heterocycles. The molecule has 0 fully saturated rings. The van der Waals surface area contributed by atoms with Gasteiger partial charge in [-0.25, -0.2) is 9.97 Å². The standard InChI is InChI=1S/C42H25N3O2/c1-3-13-29-26(10-1)12-9-17-31(29)34-25-28(24-27-11-2-4-14-30(27)34)45(35-22-23-43-42-40(35)32-15-5-7-18-36(32)47-42)39-21-20-38-41(44-39)33-16-6-8-19-37(33)46-38/h1-25H. The van der Waals surface area contributed by atoms with Gasteiger partial charge < -0.3 is 8.83 Å².